The molecule has 1 saturated heterocycles. The molecule has 1 aromatic carbocycles. The minimum atomic E-state index is -0.499. The molecule has 0 bridgehead atoms. The molecule has 2 N–H and O–H groups in total. The number of halogens is 1. The van der Waals surface area contributed by atoms with Crippen molar-refractivity contribution in [3.8, 4) is 5.75 Å². The molecule has 0 amide bonds. The monoisotopic (exact) mass is 418 g/mol. The van der Waals surface area contributed by atoms with Crippen LogP contribution in [0.5, 0.6) is 5.75 Å². The summed E-state index contributed by atoms with van der Waals surface area (Å²) in [4.78, 5) is 10.7. The molecule has 0 saturated carbocycles. The lowest BCUT2D eigenvalue weighted by atomic mass is 10.2. The Hall–Kier alpha value is -1.73. The van der Waals surface area contributed by atoms with Crippen LogP contribution in [0.15, 0.2) is 36.8 Å². The number of hydrogen-bond donors (Lipinski definition) is 2. The van der Waals surface area contributed by atoms with Crippen molar-refractivity contribution in [2.24, 2.45) is 0 Å². The highest BCUT2D eigenvalue weighted by molar-refractivity contribution is 6.30. The molecule has 0 aliphatic carbocycles. The Labute approximate surface area is 178 Å². The van der Waals surface area contributed by atoms with Crippen molar-refractivity contribution in [2.45, 2.75) is 44.8 Å². The van der Waals surface area contributed by atoms with Gasteiger partial charge in [-0.2, -0.15) is 0 Å². The van der Waals surface area contributed by atoms with Crippen LogP contribution in [0.25, 0.3) is 0 Å². The van der Waals surface area contributed by atoms with Crippen molar-refractivity contribution in [3.63, 3.8) is 0 Å². The third kappa shape index (κ3) is 7.90. The van der Waals surface area contributed by atoms with Gasteiger partial charge in [0.1, 0.15) is 18.5 Å². The average Bonchev–Trinajstić information content (AvgIpc) is 3.00. The summed E-state index contributed by atoms with van der Waals surface area (Å²) >= 11 is 6.17. The number of likely N-dealkylation sites (tertiary alicyclic amines) is 1. The van der Waals surface area contributed by atoms with Crippen LogP contribution >= 0.6 is 11.6 Å². The molecular weight excluding hydrogens is 388 g/mol. The lowest BCUT2D eigenvalue weighted by molar-refractivity contribution is 0.0690. The van der Waals surface area contributed by atoms with Gasteiger partial charge in [0.15, 0.2) is 0 Å². The standard InChI is InChI=1S/C22H31ClN4O2/c23-19-5-6-22(29-17-21(28)16-27-11-3-1-2-4-12-27)18(13-19)14-24-8-7-20-15-25-9-10-26-20/h5-6,9-10,13,15,21,24,28H,1-4,7-8,11-12,14,16-17H2/t21-/m1/s1. The zero-order chi connectivity index (χ0) is 20.3. The minimum Gasteiger partial charge on any atom is -0.491 e. The van der Waals surface area contributed by atoms with Gasteiger partial charge in [0.05, 0.1) is 5.69 Å². The number of nitrogens with one attached hydrogen (secondary N) is 1. The third-order valence-corrected chi connectivity index (χ3v) is 5.35. The van der Waals surface area contributed by atoms with E-state index in [-0.39, 0.29) is 6.61 Å². The van der Waals surface area contributed by atoms with E-state index in [9.17, 15) is 5.11 Å². The van der Waals surface area contributed by atoms with Gasteiger partial charge in [0.25, 0.3) is 0 Å². The summed E-state index contributed by atoms with van der Waals surface area (Å²) in [7, 11) is 0. The number of aliphatic hydroxyl groups is 1. The van der Waals surface area contributed by atoms with Gasteiger partial charge < -0.3 is 20.1 Å². The maximum atomic E-state index is 10.4. The largest absolute Gasteiger partial charge is 0.491 e. The van der Waals surface area contributed by atoms with Crippen LogP contribution in [-0.2, 0) is 13.0 Å². The summed E-state index contributed by atoms with van der Waals surface area (Å²) in [6.07, 6.45) is 10.5. The fourth-order valence-electron chi connectivity index (χ4n) is 3.58. The van der Waals surface area contributed by atoms with Gasteiger partial charge in [-0.15, -0.1) is 0 Å². The lowest BCUT2D eigenvalue weighted by Gasteiger charge is -2.23. The number of aromatic nitrogens is 2. The van der Waals surface area contributed by atoms with Crippen molar-refractivity contribution in [2.75, 3.05) is 32.8 Å². The molecule has 6 nitrogen and oxygen atoms in total. The van der Waals surface area contributed by atoms with Crippen molar-refractivity contribution < 1.29 is 9.84 Å². The predicted octanol–water partition coefficient (Wildman–Crippen LogP) is 3.08. The topological polar surface area (TPSA) is 70.5 Å². The number of rotatable bonds is 10. The fraction of sp³-hybridized carbons (Fsp3) is 0.545. The van der Waals surface area contributed by atoms with Gasteiger partial charge >= 0.3 is 0 Å². The van der Waals surface area contributed by atoms with Crippen LogP contribution in [0.3, 0.4) is 0 Å². The molecule has 7 heteroatoms. The van der Waals surface area contributed by atoms with Crippen LogP contribution in [0, 0.1) is 0 Å². The van der Waals surface area contributed by atoms with Gasteiger partial charge in [-0.05, 0) is 44.1 Å². The van der Waals surface area contributed by atoms with E-state index >= 15 is 0 Å². The van der Waals surface area contributed by atoms with E-state index in [4.69, 9.17) is 16.3 Å². The zero-order valence-electron chi connectivity index (χ0n) is 16.9. The number of benzene rings is 1. The summed E-state index contributed by atoms with van der Waals surface area (Å²) in [5.41, 5.74) is 1.94. The van der Waals surface area contributed by atoms with E-state index < -0.39 is 6.10 Å². The number of ether oxygens (including phenoxy) is 1. The summed E-state index contributed by atoms with van der Waals surface area (Å²) in [6, 6.07) is 5.61. The second kappa shape index (κ2) is 12.1. The summed E-state index contributed by atoms with van der Waals surface area (Å²) in [5.74, 6) is 0.760. The van der Waals surface area contributed by atoms with Crippen molar-refractivity contribution >= 4 is 11.6 Å². The van der Waals surface area contributed by atoms with Crippen molar-refractivity contribution in [1.82, 2.24) is 20.2 Å². The predicted molar refractivity (Wildman–Crippen MR) is 115 cm³/mol. The Morgan fingerprint density at radius 1 is 1.17 bits per heavy atom. The zero-order valence-corrected chi connectivity index (χ0v) is 17.7. The van der Waals surface area contributed by atoms with Gasteiger partial charge in [-0.3, -0.25) is 9.97 Å². The molecule has 0 radical (unpaired) electrons. The van der Waals surface area contributed by atoms with Crippen LogP contribution in [0.1, 0.15) is 36.9 Å². The highest BCUT2D eigenvalue weighted by Crippen LogP contribution is 2.23. The van der Waals surface area contributed by atoms with Crippen molar-refractivity contribution in [1.29, 1.82) is 0 Å². The van der Waals surface area contributed by atoms with Crippen LogP contribution < -0.4 is 10.1 Å². The summed E-state index contributed by atoms with van der Waals surface area (Å²) in [6.45, 7) is 4.50. The molecule has 1 aliphatic rings. The van der Waals surface area contributed by atoms with Gasteiger partial charge in [-0.25, -0.2) is 0 Å². The normalized spacial score (nSPS) is 16.3. The highest BCUT2D eigenvalue weighted by atomic mass is 35.5. The molecule has 2 aromatic rings. The Morgan fingerprint density at radius 2 is 2.00 bits per heavy atom. The maximum Gasteiger partial charge on any atom is 0.124 e. The Bertz CT molecular complexity index is 724. The van der Waals surface area contributed by atoms with E-state index in [0.717, 1.165) is 43.1 Å². The lowest BCUT2D eigenvalue weighted by Crippen LogP contribution is -2.36. The number of hydrogen-bond acceptors (Lipinski definition) is 6. The summed E-state index contributed by atoms with van der Waals surface area (Å²) in [5, 5.41) is 14.5. The van der Waals surface area contributed by atoms with Gasteiger partial charge in [-0.1, -0.05) is 24.4 Å². The van der Waals surface area contributed by atoms with Gasteiger partial charge in [0.2, 0.25) is 0 Å². The molecule has 158 valence electrons. The van der Waals surface area contributed by atoms with Crippen LogP contribution in [0.4, 0.5) is 0 Å². The van der Waals surface area contributed by atoms with E-state index in [1.54, 1.807) is 18.6 Å². The quantitative estimate of drug-likeness (QED) is 0.578. The number of β-amino-alcohol motifs (C(OH)–C–C–N with tert-alkyl or cyclic N) is 1. The van der Waals surface area contributed by atoms with E-state index in [2.05, 4.69) is 20.2 Å². The van der Waals surface area contributed by atoms with Gasteiger partial charge in [0, 0.05) is 55.2 Å². The maximum absolute atomic E-state index is 10.4. The second-order valence-electron chi connectivity index (χ2n) is 7.56. The SMILES string of the molecule is O[C@@H](COc1ccc(Cl)cc1CNCCc1cnccn1)CN1CCCCCC1. The molecule has 1 fully saturated rings. The smallest absolute Gasteiger partial charge is 0.124 e. The molecule has 0 spiro atoms. The Balaban J connectivity index is 1.46. The first-order valence-electron chi connectivity index (χ1n) is 10.5. The third-order valence-electron chi connectivity index (χ3n) is 5.11. The molecule has 1 atom stereocenters. The second-order valence-corrected chi connectivity index (χ2v) is 7.99. The minimum absolute atomic E-state index is 0.282. The van der Waals surface area contributed by atoms with E-state index in [0.29, 0.717) is 18.1 Å². The number of aliphatic hydroxyl groups excluding tert-OH is 1. The Kier molecular flexibility index (Phi) is 9.15. The first-order chi connectivity index (χ1) is 14.2. The molecule has 1 aromatic heterocycles. The fourth-order valence-corrected chi connectivity index (χ4v) is 3.78. The van der Waals surface area contributed by atoms with Crippen molar-refractivity contribution in [3.05, 3.63) is 53.1 Å². The molecule has 3 rings (SSSR count). The van der Waals surface area contributed by atoms with Crippen LogP contribution in [0.2, 0.25) is 5.02 Å². The Morgan fingerprint density at radius 3 is 2.76 bits per heavy atom. The first-order valence-corrected chi connectivity index (χ1v) is 10.9. The molecular formula is C22H31ClN4O2. The molecule has 0 unspecified atom stereocenters. The average molecular weight is 419 g/mol. The molecule has 29 heavy (non-hydrogen) atoms. The number of nitrogens with zero attached hydrogens (tertiary/aromatic N) is 3. The molecule has 1 aliphatic heterocycles. The first kappa shape index (κ1) is 22.0. The highest BCUT2D eigenvalue weighted by Gasteiger charge is 2.15. The molecule has 2 heterocycles. The summed E-state index contributed by atoms with van der Waals surface area (Å²) < 4.78 is 5.94. The van der Waals surface area contributed by atoms with E-state index in [1.807, 2.05) is 18.2 Å². The van der Waals surface area contributed by atoms with E-state index in [1.165, 1.54) is 25.7 Å². The van der Waals surface area contributed by atoms with Crippen LogP contribution in [-0.4, -0.2) is 58.9 Å².